The lowest BCUT2D eigenvalue weighted by atomic mass is 10.3. The summed E-state index contributed by atoms with van der Waals surface area (Å²) in [5, 5.41) is 8.41. The summed E-state index contributed by atoms with van der Waals surface area (Å²) in [4.78, 5) is 6.06. The highest BCUT2D eigenvalue weighted by Crippen LogP contribution is 2.20. The van der Waals surface area contributed by atoms with Crippen LogP contribution < -0.4 is 4.90 Å². The third-order valence-electron chi connectivity index (χ3n) is 4.42. The summed E-state index contributed by atoms with van der Waals surface area (Å²) in [6.45, 7) is 1.65. The minimum Gasteiger partial charge on any atom is -0.352 e. The zero-order valence-electron chi connectivity index (χ0n) is 14.3. The number of nitrogens with zero attached hydrogens (tertiary/aromatic N) is 6. The molecule has 1 aliphatic heterocycles. The molecule has 10 heteroatoms. The number of imidazole rings is 1. The van der Waals surface area contributed by atoms with Crippen molar-refractivity contribution in [2.45, 2.75) is 4.90 Å². The monoisotopic (exact) mass is 388 g/mol. The number of piperazine rings is 1. The number of hydrogen-bond acceptors (Lipinski definition) is 6. The molecule has 0 unspecified atom stereocenters. The molecule has 140 valence electrons. The van der Waals surface area contributed by atoms with E-state index in [0.29, 0.717) is 37.8 Å². The highest BCUT2D eigenvalue weighted by Gasteiger charge is 2.29. The second-order valence-electron chi connectivity index (χ2n) is 6.06. The number of halogens is 1. The summed E-state index contributed by atoms with van der Waals surface area (Å²) in [5.74, 6) is 0.892. The van der Waals surface area contributed by atoms with Gasteiger partial charge in [-0.15, -0.1) is 10.2 Å². The Bertz CT molecular complexity index is 999. The van der Waals surface area contributed by atoms with E-state index < -0.39 is 15.8 Å². The average molecular weight is 388 g/mol. The molecule has 1 saturated heterocycles. The molecule has 0 bridgehead atoms. The highest BCUT2D eigenvalue weighted by atomic mass is 32.2. The Balaban J connectivity index is 1.43. The standard InChI is InChI=1S/C17H17FN6O2S/c18-14-1-3-15(4-2-14)27(25,26)24-11-9-22(10-12-24)16-5-6-17(21-20-16)23-8-7-19-13-23/h1-8,13H,9-12H2. The lowest BCUT2D eigenvalue weighted by Crippen LogP contribution is -2.49. The first-order chi connectivity index (χ1) is 13.0. The Hall–Kier alpha value is -2.85. The largest absolute Gasteiger partial charge is 0.352 e. The van der Waals surface area contributed by atoms with Crippen molar-refractivity contribution in [2.75, 3.05) is 31.1 Å². The highest BCUT2D eigenvalue weighted by molar-refractivity contribution is 7.89. The summed E-state index contributed by atoms with van der Waals surface area (Å²) in [7, 11) is -3.63. The van der Waals surface area contributed by atoms with Crippen molar-refractivity contribution in [3.8, 4) is 5.82 Å². The summed E-state index contributed by atoms with van der Waals surface area (Å²) in [6, 6.07) is 8.58. The van der Waals surface area contributed by atoms with E-state index in [0.717, 1.165) is 12.1 Å². The third kappa shape index (κ3) is 3.53. The molecule has 0 spiro atoms. The lowest BCUT2D eigenvalue weighted by molar-refractivity contribution is 0.383. The fourth-order valence-corrected chi connectivity index (χ4v) is 4.35. The molecule has 27 heavy (non-hydrogen) atoms. The van der Waals surface area contributed by atoms with E-state index in [1.807, 2.05) is 17.0 Å². The maximum Gasteiger partial charge on any atom is 0.243 e. The van der Waals surface area contributed by atoms with E-state index in [9.17, 15) is 12.8 Å². The molecule has 0 aliphatic carbocycles. The molecule has 8 nitrogen and oxygen atoms in total. The maximum absolute atomic E-state index is 13.0. The fourth-order valence-electron chi connectivity index (χ4n) is 2.93. The number of aromatic nitrogens is 4. The van der Waals surface area contributed by atoms with E-state index in [2.05, 4.69) is 15.2 Å². The van der Waals surface area contributed by atoms with Crippen molar-refractivity contribution in [1.29, 1.82) is 0 Å². The molecule has 0 saturated carbocycles. The number of rotatable bonds is 4. The van der Waals surface area contributed by atoms with Crippen LogP contribution in [-0.2, 0) is 10.0 Å². The van der Waals surface area contributed by atoms with Crippen LogP contribution >= 0.6 is 0 Å². The Kier molecular flexibility index (Phi) is 4.58. The van der Waals surface area contributed by atoms with Crippen LogP contribution in [0.25, 0.3) is 5.82 Å². The lowest BCUT2D eigenvalue weighted by Gasteiger charge is -2.34. The normalized spacial score (nSPS) is 15.8. The van der Waals surface area contributed by atoms with E-state index in [1.54, 1.807) is 23.3 Å². The van der Waals surface area contributed by atoms with E-state index >= 15 is 0 Å². The first-order valence-corrected chi connectivity index (χ1v) is 9.81. The van der Waals surface area contributed by atoms with Gasteiger partial charge < -0.3 is 4.90 Å². The van der Waals surface area contributed by atoms with Crippen LogP contribution in [0.3, 0.4) is 0 Å². The summed E-state index contributed by atoms with van der Waals surface area (Å²) in [6.07, 6.45) is 5.09. The van der Waals surface area contributed by atoms with E-state index in [4.69, 9.17) is 0 Å². The van der Waals surface area contributed by atoms with Crippen molar-refractivity contribution in [1.82, 2.24) is 24.1 Å². The molecule has 1 aromatic carbocycles. The zero-order valence-corrected chi connectivity index (χ0v) is 15.1. The first kappa shape index (κ1) is 17.6. The van der Waals surface area contributed by atoms with Gasteiger partial charge in [-0.1, -0.05) is 0 Å². The average Bonchev–Trinajstić information content (AvgIpc) is 3.23. The Morgan fingerprint density at radius 3 is 2.15 bits per heavy atom. The second-order valence-corrected chi connectivity index (χ2v) is 8.00. The topological polar surface area (TPSA) is 84.2 Å². The molecule has 2 aromatic heterocycles. The van der Waals surface area contributed by atoms with Crippen LogP contribution in [0.1, 0.15) is 0 Å². The van der Waals surface area contributed by atoms with Gasteiger partial charge in [-0.25, -0.2) is 17.8 Å². The SMILES string of the molecule is O=S(=O)(c1ccc(F)cc1)N1CCN(c2ccc(-n3ccnc3)nn2)CC1. The van der Waals surface area contributed by atoms with Gasteiger partial charge >= 0.3 is 0 Å². The van der Waals surface area contributed by atoms with Crippen molar-refractivity contribution in [3.05, 3.63) is 60.9 Å². The van der Waals surface area contributed by atoms with Crippen molar-refractivity contribution in [2.24, 2.45) is 0 Å². The quantitative estimate of drug-likeness (QED) is 0.670. The van der Waals surface area contributed by atoms with E-state index in [-0.39, 0.29) is 4.90 Å². The smallest absolute Gasteiger partial charge is 0.243 e. The van der Waals surface area contributed by atoms with Crippen LogP contribution in [0.5, 0.6) is 0 Å². The van der Waals surface area contributed by atoms with Crippen molar-refractivity contribution in [3.63, 3.8) is 0 Å². The molecular formula is C17H17FN6O2S. The molecule has 3 aromatic rings. The predicted molar refractivity (Wildman–Crippen MR) is 96.5 cm³/mol. The van der Waals surface area contributed by atoms with Gasteiger partial charge in [-0.3, -0.25) is 4.57 Å². The van der Waals surface area contributed by atoms with Crippen molar-refractivity contribution >= 4 is 15.8 Å². The third-order valence-corrected chi connectivity index (χ3v) is 6.33. The van der Waals surface area contributed by atoms with Crippen LogP contribution in [0.4, 0.5) is 10.2 Å². The minimum absolute atomic E-state index is 0.0989. The molecule has 4 rings (SSSR count). The van der Waals surface area contributed by atoms with Gasteiger partial charge in [0.2, 0.25) is 10.0 Å². The Morgan fingerprint density at radius 2 is 1.56 bits per heavy atom. The summed E-state index contributed by atoms with van der Waals surface area (Å²) >= 11 is 0. The number of benzene rings is 1. The molecule has 0 radical (unpaired) electrons. The Morgan fingerprint density at radius 1 is 0.889 bits per heavy atom. The van der Waals surface area contributed by atoms with Crippen molar-refractivity contribution < 1.29 is 12.8 Å². The minimum atomic E-state index is -3.63. The van der Waals surface area contributed by atoms with Gasteiger partial charge in [0.15, 0.2) is 11.6 Å². The molecule has 0 atom stereocenters. The van der Waals surface area contributed by atoms with Crippen LogP contribution in [-0.4, -0.2) is 58.7 Å². The summed E-state index contributed by atoms with van der Waals surface area (Å²) < 4.78 is 41.5. The van der Waals surface area contributed by atoms with Gasteiger partial charge in [-0.2, -0.15) is 4.31 Å². The van der Waals surface area contributed by atoms with Gasteiger partial charge in [0, 0.05) is 38.6 Å². The Labute approximate surface area is 155 Å². The fraction of sp³-hybridized carbons (Fsp3) is 0.235. The van der Waals surface area contributed by atoms with Crippen LogP contribution in [0.2, 0.25) is 0 Å². The maximum atomic E-state index is 13.0. The van der Waals surface area contributed by atoms with Gasteiger partial charge in [0.1, 0.15) is 12.1 Å². The molecule has 0 N–H and O–H groups in total. The van der Waals surface area contributed by atoms with Crippen LogP contribution in [0.15, 0.2) is 60.0 Å². The van der Waals surface area contributed by atoms with E-state index in [1.165, 1.54) is 16.4 Å². The molecule has 0 amide bonds. The predicted octanol–water partition coefficient (Wildman–Crippen LogP) is 1.31. The number of sulfonamides is 1. The summed E-state index contributed by atoms with van der Waals surface area (Å²) in [5.41, 5.74) is 0. The molecule has 3 heterocycles. The molecule has 1 aliphatic rings. The second kappa shape index (κ2) is 7.05. The van der Waals surface area contributed by atoms with Gasteiger partial charge in [0.05, 0.1) is 4.90 Å². The van der Waals surface area contributed by atoms with Gasteiger partial charge in [0.25, 0.3) is 0 Å². The molecular weight excluding hydrogens is 371 g/mol. The molecule has 1 fully saturated rings. The first-order valence-electron chi connectivity index (χ1n) is 8.37. The van der Waals surface area contributed by atoms with Gasteiger partial charge in [-0.05, 0) is 36.4 Å². The number of anilines is 1. The van der Waals surface area contributed by atoms with Crippen LogP contribution in [0, 0.1) is 5.82 Å². The number of hydrogen-bond donors (Lipinski definition) is 0. The zero-order chi connectivity index (χ0) is 18.9.